The molecule has 0 atom stereocenters. The molecule has 0 aromatic carbocycles. The van der Waals surface area contributed by atoms with Gasteiger partial charge in [-0.3, -0.25) is 9.78 Å². The number of aromatic nitrogens is 1. The number of hydrogen-bond acceptors (Lipinski definition) is 4. The number of rotatable bonds is 4. The minimum Gasteiger partial charge on any atom is -0.368 e. The van der Waals surface area contributed by atoms with Crippen LogP contribution in [-0.4, -0.2) is 18.3 Å². The van der Waals surface area contributed by atoms with Crippen LogP contribution in [0.2, 0.25) is 0 Å². The molecular formula is C12H12N2OS. The third-order valence-corrected chi connectivity index (χ3v) is 3.13. The van der Waals surface area contributed by atoms with Gasteiger partial charge in [-0.1, -0.05) is 6.07 Å². The minimum absolute atomic E-state index is 0.746. The van der Waals surface area contributed by atoms with E-state index in [2.05, 4.69) is 9.88 Å². The van der Waals surface area contributed by atoms with E-state index in [1.807, 2.05) is 36.7 Å². The van der Waals surface area contributed by atoms with E-state index in [4.69, 9.17) is 0 Å². The first-order chi connectivity index (χ1) is 7.79. The molecule has 0 unspecified atom stereocenters. The Morgan fingerprint density at radius 3 is 3.00 bits per heavy atom. The SMILES string of the molecule is CN(Cc1ccccn1)c1csc(C=O)c1. The number of thiophene rings is 1. The zero-order valence-corrected chi connectivity index (χ0v) is 9.78. The molecule has 2 aromatic heterocycles. The summed E-state index contributed by atoms with van der Waals surface area (Å²) in [6, 6.07) is 7.75. The molecule has 0 aliphatic rings. The van der Waals surface area contributed by atoms with E-state index in [9.17, 15) is 4.79 Å². The van der Waals surface area contributed by atoms with E-state index in [1.54, 1.807) is 6.20 Å². The summed E-state index contributed by atoms with van der Waals surface area (Å²) < 4.78 is 0. The summed E-state index contributed by atoms with van der Waals surface area (Å²) in [6.07, 6.45) is 2.66. The highest BCUT2D eigenvalue weighted by Crippen LogP contribution is 2.21. The first-order valence-corrected chi connectivity index (χ1v) is 5.82. The van der Waals surface area contributed by atoms with Gasteiger partial charge in [0.25, 0.3) is 0 Å². The van der Waals surface area contributed by atoms with Crippen LogP contribution in [0.5, 0.6) is 0 Å². The van der Waals surface area contributed by atoms with Crippen LogP contribution < -0.4 is 4.90 Å². The molecule has 0 aliphatic heterocycles. The highest BCUT2D eigenvalue weighted by atomic mass is 32.1. The highest BCUT2D eigenvalue weighted by molar-refractivity contribution is 7.12. The second-order valence-corrected chi connectivity index (χ2v) is 4.45. The molecular weight excluding hydrogens is 220 g/mol. The van der Waals surface area contributed by atoms with Crippen LogP contribution in [-0.2, 0) is 6.54 Å². The van der Waals surface area contributed by atoms with Crippen molar-refractivity contribution >= 4 is 23.3 Å². The molecule has 2 aromatic rings. The summed E-state index contributed by atoms with van der Waals surface area (Å²) in [7, 11) is 1.99. The van der Waals surface area contributed by atoms with Crippen LogP contribution in [0.1, 0.15) is 15.4 Å². The van der Waals surface area contributed by atoms with Crippen LogP contribution in [0.3, 0.4) is 0 Å². The quantitative estimate of drug-likeness (QED) is 0.760. The van der Waals surface area contributed by atoms with E-state index in [1.165, 1.54) is 11.3 Å². The molecule has 82 valence electrons. The fourth-order valence-electron chi connectivity index (χ4n) is 1.43. The van der Waals surface area contributed by atoms with Gasteiger partial charge >= 0.3 is 0 Å². The molecule has 2 heterocycles. The molecule has 0 radical (unpaired) electrons. The molecule has 0 fully saturated rings. The summed E-state index contributed by atoms with van der Waals surface area (Å²) >= 11 is 1.46. The Labute approximate surface area is 98.4 Å². The third-order valence-electron chi connectivity index (χ3n) is 2.29. The second kappa shape index (κ2) is 4.90. The highest BCUT2D eigenvalue weighted by Gasteiger charge is 2.05. The Bertz CT molecular complexity index is 467. The first-order valence-electron chi connectivity index (χ1n) is 4.94. The lowest BCUT2D eigenvalue weighted by atomic mass is 10.3. The lowest BCUT2D eigenvalue weighted by Gasteiger charge is -2.16. The Morgan fingerprint density at radius 1 is 1.50 bits per heavy atom. The predicted molar refractivity (Wildman–Crippen MR) is 66.1 cm³/mol. The van der Waals surface area contributed by atoms with Crippen molar-refractivity contribution in [1.82, 2.24) is 4.98 Å². The number of carbonyl (C=O) groups is 1. The molecule has 0 saturated carbocycles. The fraction of sp³-hybridized carbons (Fsp3) is 0.167. The van der Waals surface area contributed by atoms with Crippen molar-refractivity contribution in [3.8, 4) is 0 Å². The van der Waals surface area contributed by atoms with Crippen molar-refractivity contribution in [3.05, 3.63) is 46.4 Å². The van der Waals surface area contributed by atoms with Crippen molar-refractivity contribution in [2.45, 2.75) is 6.54 Å². The number of hydrogen-bond donors (Lipinski definition) is 0. The maximum absolute atomic E-state index is 10.6. The molecule has 0 aliphatic carbocycles. The summed E-state index contributed by atoms with van der Waals surface area (Å²) in [6.45, 7) is 0.746. The van der Waals surface area contributed by atoms with E-state index in [0.29, 0.717) is 0 Å². The van der Waals surface area contributed by atoms with Crippen molar-refractivity contribution < 1.29 is 4.79 Å². The van der Waals surface area contributed by atoms with Crippen molar-refractivity contribution in [2.75, 3.05) is 11.9 Å². The van der Waals surface area contributed by atoms with Crippen molar-refractivity contribution in [1.29, 1.82) is 0 Å². The molecule has 0 amide bonds. The van der Waals surface area contributed by atoms with E-state index in [-0.39, 0.29) is 0 Å². The Kier molecular flexibility index (Phi) is 3.31. The standard InChI is InChI=1S/C12H12N2OS/c1-14(7-10-4-2-3-5-13-10)11-6-12(8-15)16-9-11/h2-6,8-9H,7H2,1H3. The maximum Gasteiger partial charge on any atom is 0.160 e. The average Bonchev–Trinajstić information content (AvgIpc) is 2.79. The molecule has 0 bridgehead atoms. The first kappa shape index (κ1) is 10.8. The fourth-order valence-corrected chi connectivity index (χ4v) is 2.18. The lowest BCUT2D eigenvalue weighted by Crippen LogP contribution is -2.16. The summed E-state index contributed by atoms with van der Waals surface area (Å²) in [5, 5.41) is 1.98. The van der Waals surface area contributed by atoms with E-state index < -0.39 is 0 Å². The monoisotopic (exact) mass is 232 g/mol. The number of carbonyl (C=O) groups excluding carboxylic acids is 1. The Hall–Kier alpha value is -1.68. The molecule has 2 rings (SSSR count). The van der Waals surface area contributed by atoms with Crippen LogP contribution in [0.25, 0.3) is 0 Å². The maximum atomic E-state index is 10.6. The second-order valence-electron chi connectivity index (χ2n) is 3.50. The third kappa shape index (κ3) is 2.46. The van der Waals surface area contributed by atoms with E-state index >= 15 is 0 Å². The summed E-state index contributed by atoms with van der Waals surface area (Å²) in [4.78, 5) is 17.7. The van der Waals surface area contributed by atoms with Gasteiger partial charge in [0.05, 0.1) is 17.1 Å². The zero-order chi connectivity index (χ0) is 11.4. The number of pyridine rings is 1. The number of anilines is 1. The average molecular weight is 232 g/mol. The topological polar surface area (TPSA) is 33.2 Å². The van der Waals surface area contributed by atoms with Gasteiger partial charge in [-0.15, -0.1) is 11.3 Å². The van der Waals surface area contributed by atoms with Gasteiger partial charge < -0.3 is 4.90 Å². The molecule has 3 nitrogen and oxygen atoms in total. The molecule has 0 spiro atoms. The molecule has 0 N–H and O–H groups in total. The van der Waals surface area contributed by atoms with Crippen molar-refractivity contribution in [3.63, 3.8) is 0 Å². The minimum atomic E-state index is 0.746. The summed E-state index contributed by atoms with van der Waals surface area (Å²) in [5.41, 5.74) is 2.07. The van der Waals surface area contributed by atoms with Crippen molar-refractivity contribution in [2.24, 2.45) is 0 Å². The molecule has 4 heteroatoms. The smallest absolute Gasteiger partial charge is 0.160 e. The molecule has 0 saturated heterocycles. The largest absolute Gasteiger partial charge is 0.368 e. The molecule has 16 heavy (non-hydrogen) atoms. The van der Waals surface area contributed by atoms with E-state index in [0.717, 1.165) is 29.1 Å². The number of nitrogens with zero attached hydrogens (tertiary/aromatic N) is 2. The van der Waals surface area contributed by atoms with Gasteiger partial charge in [0, 0.05) is 24.3 Å². The van der Waals surface area contributed by atoms with Gasteiger partial charge in [-0.2, -0.15) is 0 Å². The van der Waals surface area contributed by atoms with Gasteiger partial charge in [0.15, 0.2) is 6.29 Å². The number of aldehydes is 1. The van der Waals surface area contributed by atoms with Crippen LogP contribution in [0, 0.1) is 0 Å². The Balaban J connectivity index is 2.08. The van der Waals surface area contributed by atoms with Gasteiger partial charge in [0.2, 0.25) is 0 Å². The van der Waals surface area contributed by atoms with Crippen LogP contribution >= 0.6 is 11.3 Å². The zero-order valence-electron chi connectivity index (χ0n) is 8.96. The van der Waals surface area contributed by atoms with Gasteiger partial charge in [-0.25, -0.2) is 0 Å². The summed E-state index contributed by atoms with van der Waals surface area (Å²) in [5.74, 6) is 0. The normalized spacial score (nSPS) is 10.1. The predicted octanol–water partition coefficient (Wildman–Crippen LogP) is 2.59. The van der Waals surface area contributed by atoms with Crippen LogP contribution in [0.15, 0.2) is 35.8 Å². The van der Waals surface area contributed by atoms with Crippen LogP contribution in [0.4, 0.5) is 5.69 Å². The van der Waals surface area contributed by atoms with Gasteiger partial charge in [0.1, 0.15) is 0 Å². The van der Waals surface area contributed by atoms with Gasteiger partial charge in [-0.05, 0) is 18.2 Å². The lowest BCUT2D eigenvalue weighted by molar-refractivity contribution is 0.112. The Morgan fingerprint density at radius 2 is 2.38 bits per heavy atom.